The number of rotatable bonds is 8. The zero-order valence-corrected chi connectivity index (χ0v) is 17.5. The summed E-state index contributed by atoms with van der Waals surface area (Å²) in [7, 11) is 0. The van der Waals surface area contributed by atoms with E-state index in [1.165, 1.54) is 11.1 Å². The van der Waals surface area contributed by atoms with Gasteiger partial charge in [0, 0.05) is 17.9 Å². The number of aryl methyl sites for hydroxylation is 2. The van der Waals surface area contributed by atoms with E-state index in [9.17, 15) is 10.2 Å². The van der Waals surface area contributed by atoms with Crippen molar-refractivity contribution in [3.05, 3.63) is 71.1 Å². The van der Waals surface area contributed by atoms with Gasteiger partial charge in [-0.15, -0.1) is 0 Å². The Morgan fingerprint density at radius 1 is 1.17 bits per heavy atom. The fourth-order valence-electron chi connectivity index (χ4n) is 4.49. The molecule has 2 atom stereocenters. The molecule has 5 heteroatoms. The summed E-state index contributed by atoms with van der Waals surface area (Å²) in [5.74, 6) is 2.41. The SMILES string of the molecule is CCC(C(O)O)C1CCc2cc(OCCc3oc(-c4ccccc4)nc3C)ccc21. The van der Waals surface area contributed by atoms with Crippen LogP contribution in [0.25, 0.3) is 11.5 Å². The molecule has 2 aromatic carbocycles. The molecule has 0 radical (unpaired) electrons. The van der Waals surface area contributed by atoms with Crippen molar-refractivity contribution in [3.63, 3.8) is 0 Å². The predicted molar refractivity (Wildman–Crippen MR) is 115 cm³/mol. The minimum Gasteiger partial charge on any atom is -0.493 e. The average Bonchev–Trinajstić information content (AvgIpc) is 3.33. The van der Waals surface area contributed by atoms with E-state index < -0.39 is 6.29 Å². The number of hydrogen-bond acceptors (Lipinski definition) is 5. The number of ether oxygens (including phenoxy) is 1. The molecule has 1 aromatic heterocycles. The minimum atomic E-state index is -1.27. The highest BCUT2D eigenvalue weighted by Crippen LogP contribution is 2.42. The topological polar surface area (TPSA) is 75.7 Å². The molecule has 158 valence electrons. The van der Waals surface area contributed by atoms with E-state index in [0.29, 0.717) is 18.9 Å². The van der Waals surface area contributed by atoms with E-state index >= 15 is 0 Å². The van der Waals surface area contributed by atoms with Crippen LogP contribution < -0.4 is 4.74 Å². The molecule has 2 N–H and O–H groups in total. The normalized spacial score (nSPS) is 16.6. The van der Waals surface area contributed by atoms with E-state index in [-0.39, 0.29) is 11.8 Å². The summed E-state index contributed by atoms with van der Waals surface area (Å²) >= 11 is 0. The molecule has 0 saturated carbocycles. The first-order valence-electron chi connectivity index (χ1n) is 10.7. The van der Waals surface area contributed by atoms with Crippen molar-refractivity contribution in [1.82, 2.24) is 4.98 Å². The average molecular weight is 408 g/mol. The van der Waals surface area contributed by atoms with Crippen LogP contribution in [0.3, 0.4) is 0 Å². The summed E-state index contributed by atoms with van der Waals surface area (Å²) < 4.78 is 11.9. The monoisotopic (exact) mass is 407 g/mol. The second kappa shape index (κ2) is 9.02. The number of nitrogens with zero attached hydrogens (tertiary/aromatic N) is 1. The van der Waals surface area contributed by atoms with Crippen LogP contribution in [0, 0.1) is 12.8 Å². The maximum atomic E-state index is 9.69. The van der Waals surface area contributed by atoms with Gasteiger partial charge >= 0.3 is 0 Å². The van der Waals surface area contributed by atoms with Crippen LogP contribution in [0.5, 0.6) is 5.75 Å². The second-order valence-electron chi connectivity index (χ2n) is 7.98. The number of fused-ring (bicyclic) bond motifs is 1. The molecule has 4 rings (SSSR count). The highest BCUT2D eigenvalue weighted by atomic mass is 16.5. The van der Waals surface area contributed by atoms with Crippen molar-refractivity contribution in [3.8, 4) is 17.2 Å². The maximum absolute atomic E-state index is 9.69. The zero-order chi connectivity index (χ0) is 21.1. The Morgan fingerprint density at radius 3 is 2.70 bits per heavy atom. The molecule has 5 nitrogen and oxygen atoms in total. The molecule has 1 heterocycles. The van der Waals surface area contributed by atoms with Gasteiger partial charge in [-0.2, -0.15) is 0 Å². The van der Waals surface area contributed by atoms with Gasteiger partial charge in [0.1, 0.15) is 11.5 Å². The summed E-state index contributed by atoms with van der Waals surface area (Å²) in [4.78, 5) is 4.54. The highest BCUT2D eigenvalue weighted by molar-refractivity contribution is 5.53. The third-order valence-electron chi connectivity index (χ3n) is 6.12. The Hall–Kier alpha value is -2.63. The van der Waals surface area contributed by atoms with Crippen LogP contribution in [0.15, 0.2) is 52.9 Å². The lowest BCUT2D eigenvalue weighted by Crippen LogP contribution is -2.24. The lowest BCUT2D eigenvalue weighted by Gasteiger charge is -2.24. The van der Waals surface area contributed by atoms with Gasteiger partial charge in [-0.3, -0.25) is 0 Å². The fraction of sp³-hybridized carbons (Fsp3) is 0.400. The van der Waals surface area contributed by atoms with Crippen LogP contribution in [-0.2, 0) is 12.8 Å². The number of hydrogen-bond donors (Lipinski definition) is 2. The third kappa shape index (κ3) is 4.27. The molecule has 0 aliphatic heterocycles. The number of benzene rings is 2. The largest absolute Gasteiger partial charge is 0.493 e. The second-order valence-corrected chi connectivity index (χ2v) is 7.98. The van der Waals surface area contributed by atoms with Crippen molar-refractivity contribution >= 4 is 0 Å². The Labute approximate surface area is 177 Å². The van der Waals surface area contributed by atoms with Gasteiger partial charge < -0.3 is 19.4 Å². The first kappa shape index (κ1) is 20.6. The minimum absolute atomic E-state index is 0.119. The maximum Gasteiger partial charge on any atom is 0.226 e. The van der Waals surface area contributed by atoms with Crippen LogP contribution in [0.2, 0.25) is 0 Å². The summed E-state index contributed by atoms with van der Waals surface area (Å²) in [6.07, 6.45) is 2.03. The molecule has 0 saturated heterocycles. The van der Waals surface area contributed by atoms with Crippen LogP contribution in [0.1, 0.15) is 48.3 Å². The van der Waals surface area contributed by atoms with Gasteiger partial charge in [-0.05, 0) is 67.5 Å². The summed E-state index contributed by atoms with van der Waals surface area (Å²) in [6, 6.07) is 16.1. The lowest BCUT2D eigenvalue weighted by molar-refractivity contribution is -0.0920. The Kier molecular flexibility index (Phi) is 6.21. The Balaban J connectivity index is 1.38. The predicted octanol–water partition coefficient (Wildman–Crippen LogP) is 4.64. The van der Waals surface area contributed by atoms with E-state index in [1.54, 1.807) is 0 Å². The van der Waals surface area contributed by atoms with Crippen molar-refractivity contribution in [1.29, 1.82) is 0 Å². The molecule has 0 fully saturated rings. The van der Waals surface area contributed by atoms with E-state index in [0.717, 1.165) is 42.0 Å². The molecular weight excluding hydrogens is 378 g/mol. The van der Waals surface area contributed by atoms with Gasteiger partial charge in [-0.25, -0.2) is 4.98 Å². The van der Waals surface area contributed by atoms with Gasteiger partial charge in [-0.1, -0.05) is 31.2 Å². The molecule has 0 amide bonds. The highest BCUT2D eigenvalue weighted by Gasteiger charge is 2.32. The van der Waals surface area contributed by atoms with Crippen molar-refractivity contribution in [2.24, 2.45) is 5.92 Å². The molecule has 30 heavy (non-hydrogen) atoms. The van der Waals surface area contributed by atoms with Crippen LogP contribution in [-0.4, -0.2) is 28.1 Å². The van der Waals surface area contributed by atoms with Gasteiger partial charge in [0.25, 0.3) is 0 Å². The van der Waals surface area contributed by atoms with Gasteiger partial charge in [0.05, 0.1) is 12.3 Å². The number of aliphatic hydroxyl groups is 2. The third-order valence-corrected chi connectivity index (χ3v) is 6.12. The van der Waals surface area contributed by atoms with Crippen LogP contribution in [0.4, 0.5) is 0 Å². The smallest absolute Gasteiger partial charge is 0.226 e. The molecule has 1 aliphatic carbocycles. The summed E-state index contributed by atoms with van der Waals surface area (Å²) in [5, 5.41) is 19.4. The number of aromatic nitrogens is 1. The first-order chi connectivity index (χ1) is 14.6. The van der Waals surface area contributed by atoms with Gasteiger partial charge in [0.15, 0.2) is 6.29 Å². The van der Waals surface area contributed by atoms with Crippen LogP contribution >= 0.6 is 0 Å². The number of oxazole rings is 1. The summed E-state index contributed by atoms with van der Waals surface area (Å²) in [5.41, 5.74) is 4.33. The first-order valence-corrected chi connectivity index (χ1v) is 10.7. The quantitative estimate of drug-likeness (QED) is 0.532. The van der Waals surface area contributed by atoms with Crippen molar-refractivity contribution in [2.75, 3.05) is 6.61 Å². The van der Waals surface area contributed by atoms with E-state index in [4.69, 9.17) is 9.15 Å². The molecule has 0 spiro atoms. The zero-order valence-electron chi connectivity index (χ0n) is 17.5. The number of aliphatic hydroxyl groups excluding tert-OH is 1. The van der Waals surface area contributed by atoms with E-state index in [1.807, 2.05) is 50.2 Å². The molecule has 2 unspecified atom stereocenters. The van der Waals surface area contributed by atoms with Crippen molar-refractivity contribution in [2.45, 2.75) is 51.7 Å². The van der Waals surface area contributed by atoms with Gasteiger partial charge in [0.2, 0.25) is 5.89 Å². The Bertz CT molecular complexity index is 980. The standard InChI is InChI=1S/C25H29NO4/c1-3-20(25(27)28)22-11-9-18-15-19(10-12-21(18)22)29-14-13-23-16(2)26-24(30-23)17-7-5-4-6-8-17/h4-8,10,12,15,20,22,25,27-28H,3,9,11,13-14H2,1-2H3. The van der Waals surface area contributed by atoms with E-state index in [2.05, 4.69) is 17.1 Å². The lowest BCUT2D eigenvalue weighted by atomic mass is 9.85. The molecular formula is C25H29NO4. The summed E-state index contributed by atoms with van der Waals surface area (Å²) in [6.45, 7) is 4.48. The Morgan fingerprint density at radius 2 is 1.97 bits per heavy atom. The molecule has 3 aromatic rings. The fourth-order valence-corrected chi connectivity index (χ4v) is 4.49. The van der Waals surface area contributed by atoms with Crippen molar-refractivity contribution < 1.29 is 19.4 Å². The molecule has 0 bridgehead atoms. The molecule has 1 aliphatic rings.